The number of aryl methyl sites for hydroxylation is 1. The molecule has 0 fully saturated rings. The van der Waals surface area contributed by atoms with Crippen LogP contribution in [0.2, 0.25) is 0 Å². The van der Waals surface area contributed by atoms with E-state index in [1.54, 1.807) is 49.4 Å². The summed E-state index contributed by atoms with van der Waals surface area (Å²) in [7, 11) is 0. The lowest BCUT2D eigenvalue weighted by Gasteiger charge is -2.14. The van der Waals surface area contributed by atoms with Gasteiger partial charge in [0.25, 0.3) is 5.24 Å². The van der Waals surface area contributed by atoms with E-state index in [4.69, 9.17) is 22.2 Å². The number of rotatable bonds is 5. The molecule has 3 rings (SSSR count). The number of hydrazine groups is 1. The largest absolute Gasteiger partial charge is 0.457 e. The molecule has 0 unspecified atom stereocenters. The second kappa shape index (κ2) is 14.0. The van der Waals surface area contributed by atoms with Crippen LogP contribution in [0, 0.1) is 6.92 Å². The average molecular weight is 512 g/mol. The second-order valence-corrected chi connectivity index (χ2v) is 8.28. The van der Waals surface area contributed by atoms with Gasteiger partial charge in [-0.1, -0.05) is 42.5 Å². The van der Waals surface area contributed by atoms with Crippen LogP contribution in [-0.2, 0) is 0 Å². The lowest BCUT2D eigenvalue weighted by atomic mass is 9.94. The van der Waals surface area contributed by atoms with Crippen LogP contribution in [-0.4, -0.2) is 16.6 Å². The Balaban J connectivity index is 0.00000114. The third-order valence-electron chi connectivity index (χ3n) is 4.22. The first-order valence-electron chi connectivity index (χ1n) is 9.77. The van der Waals surface area contributed by atoms with Gasteiger partial charge in [-0.15, -0.1) is 24.8 Å². The zero-order valence-corrected chi connectivity index (χ0v) is 21.3. The summed E-state index contributed by atoms with van der Waals surface area (Å²) in [6, 6.07) is 21.2. The zero-order valence-electron chi connectivity index (χ0n) is 18.9. The molecule has 8 heteroatoms. The fraction of sp³-hybridized carbons (Fsp3) is 0.200. The molecule has 0 saturated carbocycles. The van der Waals surface area contributed by atoms with E-state index in [2.05, 4.69) is 5.43 Å². The predicted octanol–water partition coefficient (Wildman–Crippen LogP) is 6.49. The van der Waals surface area contributed by atoms with Gasteiger partial charge in [-0.05, 0) is 75.2 Å². The molecule has 178 valence electrons. The summed E-state index contributed by atoms with van der Waals surface area (Å²) in [5, 5.41) is -0.649. The van der Waals surface area contributed by atoms with Crippen LogP contribution >= 0.6 is 36.4 Å². The van der Waals surface area contributed by atoms with Gasteiger partial charge in [-0.3, -0.25) is 20.9 Å². The van der Waals surface area contributed by atoms with Gasteiger partial charge in [0.1, 0.15) is 11.5 Å². The van der Waals surface area contributed by atoms with Gasteiger partial charge in [0.05, 0.1) is 0 Å². The molecule has 0 radical (unpaired) electrons. The number of para-hydroxylation sites is 1. The monoisotopic (exact) mass is 510 g/mol. The highest BCUT2D eigenvalue weighted by molar-refractivity contribution is 6.68. The number of nitrogens with one attached hydrogen (secondary N) is 1. The minimum Gasteiger partial charge on any atom is -0.457 e. The predicted molar refractivity (Wildman–Crippen MR) is 139 cm³/mol. The summed E-state index contributed by atoms with van der Waals surface area (Å²) in [6.45, 7) is 7.80. The summed E-state index contributed by atoms with van der Waals surface area (Å²) in [5.74, 6) is 6.02. The zero-order chi connectivity index (χ0) is 23.0. The first-order chi connectivity index (χ1) is 14.6. The van der Waals surface area contributed by atoms with Gasteiger partial charge < -0.3 is 4.74 Å². The third-order valence-corrected chi connectivity index (χ3v) is 4.42. The molecule has 0 bridgehead atoms. The average Bonchev–Trinajstić information content (AvgIpc) is 2.74. The van der Waals surface area contributed by atoms with Crippen molar-refractivity contribution < 1.29 is 14.3 Å². The molecule has 0 aliphatic heterocycles. The smallest absolute Gasteiger partial charge is 0.253 e. The number of carbonyl (C=O) groups is 2. The Morgan fingerprint density at radius 2 is 1.42 bits per heavy atom. The maximum Gasteiger partial charge on any atom is 0.253 e. The van der Waals surface area contributed by atoms with Crippen molar-refractivity contribution in [1.82, 2.24) is 5.43 Å². The molecule has 3 N–H and O–H groups in total. The van der Waals surface area contributed by atoms with E-state index in [0.29, 0.717) is 28.2 Å². The maximum atomic E-state index is 12.9. The molecular weight excluding hydrogens is 483 g/mol. The molecule has 0 aliphatic rings. The van der Waals surface area contributed by atoms with Gasteiger partial charge in [0, 0.05) is 22.2 Å². The number of hydrogen-bond acceptors (Lipinski definition) is 5. The third kappa shape index (κ3) is 9.54. The highest BCUT2D eigenvalue weighted by Crippen LogP contribution is 2.25. The molecule has 3 aromatic rings. The van der Waals surface area contributed by atoms with Gasteiger partial charge in [-0.25, -0.2) is 0 Å². The fourth-order valence-corrected chi connectivity index (χ4v) is 2.76. The minimum absolute atomic E-state index is 0. The summed E-state index contributed by atoms with van der Waals surface area (Å²) in [4.78, 5) is 24.6. The van der Waals surface area contributed by atoms with Gasteiger partial charge >= 0.3 is 0 Å². The highest BCUT2D eigenvalue weighted by Gasteiger charge is 2.19. The molecule has 3 aromatic carbocycles. The molecule has 33 heavy (non-hydrogen) atoms. The van der Waals surface area contributed by atoms with Crippen molar-refractivity contribution in [2.75, 3.05) is 0 Å². The summed E-state index contributed by atoms with van der Waals surface area (Å²) in [6.07, 6.45) is 0. The quantitative estimate of drug-likeness (QED) is 0.177. The minimum atomic E-state index is -0.649. The Kier molecular flexibility index (Phi) is 13.0. The maximum absolute atomic E-state index is 12.9. The topological polar surface area (TPSA) is 81.4 Å². The van der Waals surface area contributed by atoms with Crippen molar-refractivity contribution >= 4 is 47.4 Å². The van der Waals surface area contributed by atoms with E-state index in [0.717, 1.165) is 0 Å². The highest BCUT2D eigenvalue weighted by atomic mass is 35.5. The van der Waals surface area contributed by atoms with Crippen LogP contribution in [0.1, 0.15) is 52.6 Å². The molecule has 0 spiro atoms. The Morgan fingerprint density at radius 1 is 0.879 bits per heavy atom. The molecule has 0 heterocycles. The Bertz CT molecular complexity index is 1050. The molecular formula is C25H29Cl3N2O3. The Hall–Kier alpha value is -2.41. The molecule has 0 saturated heterocycles. The fourth-order valence-electron chi connectivity index (χ4n) is 2.60. The number of halogens is 3. The van der Waals surface area contributed by atoms with Crippen molar-refractivity contribution in [2.45, 2.75) is 33.2 Å². The lowest BCUT2D eigenvalue weighted by molar-refractivity contribution is 0.102. The van der Waals surface area contributed by atoms with Crippen LogP contribution in [0.4, 0.5) is 0 Å². The van der Waals surface area contributed by atoms with Gasteiger partial charge in [0.15, 0.2) is 5.78 Å². The van der Waals surface area contributed by atoms with Crippen molar-refractivity contribution in [3.05, 3.63) is 95.1 Å². The molecule has 0 amide bonds. The standard InChI is InChI=1S/C21H15ClO3.C4H12N2.2ClH/c1-14-7-5-12-18(21(22)24)19(14)20(23)15-8-6-11-17(13-15)25-16-9-3-2-4-10-16;1-4(2,3)6-5;;/h2-13H,1H3;6H,5H2,1-3H3;2*1H. The molecule has 5 nitrogen and oxygen atoms in total. The van der Waals surface area contributed by atoms with E-state index >= 15 is 0 Å². The first kappa shape index (κ1) is 30.6. The number of carbonyl (C=O) groups excluding carboxylic acids is 2. The van der Waals surface area contributed by atoms with Crippen LogP contribution in [0.5, 0.6) is 11.5 Å². The van der Waals surface area contributed by atoms with Crippen LogP contribution < -0.4 is 16.0 Å². The van der Waals surface area contributed by atoms with E-state index < -0.39 is 5.24 Å². The number of nitrogens with two attached hydrogens (primary N) is 1. The second-order valence-electron chi connectivity index (χ2n) is 7.94. The normalized spacial score (nSPS) is 10.0. The summed E-state index contributed by atoms with van der Waals surface area (Å²) < 4.78 is 5.77. The number of benzene rings is 3. The number of hydrogen-bond donors (Lipinski definition) is 2. The van der Waals surface area contributed by atoms with Crippen molar-refractivity contribution in [1.29, 1.82) is 0 Å². The van der Waals surface area contributed by atoms with Crippen LogP contribution in [0.3, 0.4) is 0 Å². The van der Waals surface area contributed by atoms with Crippen LogP contribution in [0.25, 0.3) is 0 Å². The number of ketones is 1. The van der Waals surface area contributed by atoms with Crippen LogP contribution in [0.15, 0.2) is 72.8 Å². The van der Waals surface area contributed by atoms with Gasteiger partial charge in [0.2, 0.25) is 0 Å². The SMILES string of the molecule is CC(C)(C)NN.Cc1cccc(C(=O)Cl)c1C(=O)c1cccc(Oc2ccccc2)c1.Cl.Cl. The molecule has 0 atom stereocenters. The van der Waals surface area contributed by atoms with Crippen molar-refractivity contribution in [3.8, 4) is 11.5 Å². The Morgan fingerprint density at radius 3 is 1.97 bits per heavy atom. The lowest BCUT2D eigenvalue weighted by Crippen LogP contribution is -2.41. The Labute approximate surface area is 212 Å². The van der Waals surface area contributed by atoms with Gasteiger partial charge in [-0.2, -0.15) is 0 Å². The number of ether oxygens (including phenoxy) is 1. The van der Waals surface area contributed by atoms with E-state index in [1.807, 2.05) is 51.1 Å². The van der Waals surface area contributed by atoms with E-state index in [-0.39, 0.29) is 41.7 Å². The first-order valence-corrected chi connectivity index (χ1v) is 10.1. The van der Waals surface area contributed by atoms with E-state index in [1.165, 1.54) is 0 Å². The summed E-state index contributed by atoms with van der Waals surface area (Å²) in [5.41, 5.74) is 4.33. The molecule has 0 aromatic heterocycles. The van der Waals surface area contributed by atoms with Crippen molar-refractivity contribution in [3.63, 3.8) is 0 Å². The van der Waals surface area contributed by atoms with E-state index in [9.17, 15) is 9.59 Å². The van der Waals surface area contributed by atoms with Crippen molar-refractivity contribution in [2.24, 2.45) is 5.84 Å². The molecule has 0 aliphatic carbocycles. The summed E-state index contributed by atoms with van der Waals surface area (Å²) >= 11 is 5.63.